The first-order valence-electron chi connectivity index (χ1n) is 10.3. The first kappa shape index (κ1) is 20.4. The van der Waals surface area contributed by atoms with E-state index in [1.165, 1.54) is 0 Å². The van der Waals surface area contributed by atoms with E-state index in [1.807, 2.05) is 4.90 Å². The molecule has 1 aromatic carbocycles. The summed E-state index contributed by atoms with van der Waals surface area (Å²) in [5, 5.41) is 3.03. The maximum absolute atomic E-state index is 12.4. The van der Waals surface area contributed by atoms with Crippen molar-refractivity contribution in [1.82, 2.24) is 10.2 Å². The van der Waals surface area contributed by atoms with Crippen molar-refractivity contribution in [1.29, 1.82) is 0 Å². The molecule has 1 aliphatic heterocycles. The highest BCUT2D eigenvalue weighted by molar-refractivity contribution is 5.98. The summed E-state index contributed by atoms with van der Waals surface area (Å²) < 4.78 is 5.09. The van der Waals surface area contributed by atoms with Gasteiger partial charge in [-0.1, -0.05) is 0 Å². The molecule has 0 radical (unpaired) electrons. The van der Waals surface area contributed by atoms with Crippen LogP contribution in [-0.4, -0.2) is 48.7 Å². The Kier molecular flexibility index (Phi) is 7.06. The van der Waals surface area contributed by atoms with Gasteiger partial charge in [-0.15, -0.1) is 0 Å². The zero-order chi connectivity index (χ0) is 19.9. The highest BCUT2D eigenvalue weighted by atomic mass is 16.5. The third kappa shape index (κ3) is 6.08. The highest BCUT2D eigenvalue weighted by Gasteiger charge is 2.26. The lowest BCUT2D eigenvalue weighted by Gasteiger charge is -2.32. The van der Waals surface area contributed by atoms with Crippen molar-refractivity contribution >= 4 is 17.6 Å². The second-order valence-corrected chi connectivity index (χ2v) is 7.86. The summed E-state index contributed by atoms with van der Waals surface area (Å²) in [6, 6.07) is 7.40. The van der Waals surface area contributed by atoms with Gasteiger partial charge in [0, 0.05) is 44.0 Å². The Morgan fingerprint density at radius 1 is 1.00 bits per heavy atom. The predicted octanol–water partition coefficient (Wildman–Crippen LogP) is 2.96. The van der Waals surface area contributed by atoms with Crippen molar-refractivity contribution in [3.63, 3.8) is 0 Å². The topological polar surface area (TPSA) is 75.7 Å². The number of amides is 2. The summed E-state index contributed by atoms with van der Waals surface area (Å²) in [6.07, 6.45) is 6.08. The number of nitrogens with zero attached hydrogens (tertiary/aromatic N) is 1. The van der Waals surface area contributed by atoms with E-state index < -0.39 is 0 Å². The van der Waals surface area contributed by atoms with Crippen molar-refractivity contribution in [2.24, 2.45) is 5.92 Å². The number of benzene rings is 1. The Morgan fingerprint density at radius 3 is 2.29 bits per heavy atom. The molecule has 0 atom stereocenters. The molecule has 2 aliphatic rings. The third-order valence-corrected chi connectivity index (χ3v) is 5.67. The van der Waals surface area contributed by atoms with Crippen LogP contribution >= 0.6 is 0 Å². The van der Waals surface area contributed by atoms with E-state index in [2.05, 4.69) is 5.32 Å². The van der Waals surface area contributed by atoms with E-state index >= 15 is 0 Å². The molecule has 1 heterocycles. The molecular formula is C22H30N2O4. The van der Waals surface area contributed by atoms with Crippen molar-refractivity contribution in [3.05, 3.63) is 29.8 Å². The molecule has 28 heavy (non-hydrogen) atoms. The lowest BCUT2D eigenvalue weighted by atomic mass is 9.91. The largest absolute Gasteiger partial charge is 0.497 e. The number of ether oxygens (including phenoxy) is 1. The summed E-state index contributed by atoms with van der Waals surface area (Å²) in [7, 11) is 1.58. The third-order valence-electron chi connectivity index (χ3n) is 5.67. The SMILES string of the molecule is COc1ccc(C(=O)CCC(=O)N2CCC(CCC(=O)NC3CC3)CC2)cc1. The van der Waals surface area contributed by atoms with Crippen LogP contribution in [0.1, 0.15) is 61.7 Å². The van der Waals surface area contributed by atoms with Crippen LogP contribution in [-0.2, 0) is 9.59 Å². The lowest BCUT2D eigenvalue weighted by molar-refractivity contribution is -0.132. The molecule has 1 saturated carbocycles. The summed E-state index contributed by atoms with van der Waals surface area (Å²) in [6.45, 7) is 1.45. The van der Waals surface area contributed by atoms with Crippen LogP contribution in [0.2, 0.25) is 0 Å². The van der Waals surface area contributed by atoms with E-state index in [4.69, 9.17) is 4.74 Å². The average molecular weight is 386 g/mol. The van der Waals surface area contributed by atoms with Gasteiger partial charge < -0.3 is 15.0 Å². The second-order valence-electron chi connectivity index (χ2n) is 7.86. The number of rotatable bonds is 9. The molecule has 2 amide bonds. The van der Waals surface area contributed by atoms with E-state index in [-0.39, 0.29) is 30.4 Å². The predicted molar refractivity (Wildman–Crippen MR) is 106 cm³/mol. The molecular weight excluding hydrogens is 356 g/mol. The van der Waals surface area contributed by atoms with Crippen molar-refractivity contribution < 1.29 is 19.1 Å². The zero-order valence-corrected chi connectivity index (χ0v) is 16.6. The molecule has 1 aromatic rings. The van der Waals surface area contributed by atoms with E-state index in [0.29, 0.717) is 29.7 Å². The number of hydrogen-bond acceptors (Lipinski definition) is 4. The van der Waals surface area contributed by atoms with Crippen LogP contribution in [0.25, 0.3) is 0 Å². The van der Waals surface area contributed by atoms with Gasteiger partial charge >= 0.3 is 0 Å². The number of likely N-dealkylation sites (tertiary alicyclic amines) is 1. The monoisotopic (exact) mass is 386 g/mol. The molecule has 0 spiro atoms. The fraction of sp³-hybridized carbons (Fsp3) is 0.591. The fourth-order valence-corrected chi connectivity index (χ4v) is 3.63. The summed E-state index contributed by atoms with van der Waals surface area (Å²) >= 11 is 0. The molecule has 1 N–H and O–H groups in total. The maximum Gasteiger partial charge on any atom is 0.223 e. The number of ketones is 1. The number of piperidine rings is 1. The second kappa shape index (κ2) is 9.71. The van der Waals surface area contributed by atoms with Gasteiger partial charge in [0.15, 0.2) is 5.78 Å². The molecule has 1 saturated heterocycles. The van der Waals surface area contributed by atoms with Gasteiger partial charge in [0.1, 0.15) is 5.75 Å². The van der Waals surface area contributed by atoms with E-state index in [9.17, 15) is 14.4 Å². The van der Waals surface area contributed by atoms with Gasteiger partial charge in [0.05, 0.1) is 7.11 Å². The minimum absolute atomic E-state index is 0.0208. The Labute approximate surface area is 166 Å². The maximum atomic E-state index is 12.4. The van der Waals surface area contributed by atoms with Crippen LogP contribution in [0.5, 0.6) is 5.75 Å². The van der Waals surface area contributed by atoms with Crippen LogP contribution < -0.4 is 10.1 Å². The van der Waals surface area contributed by atoms with Crippen molar-refractivity contribution in [2.45, 2.75) is 57.4 Å². The number of nitrogens with one attached hydrogen (secondary N) is 1. The number of carbonyl (C=O) groups excluding carboxylic acids is 3. The van der Waals surface area contributed by atoms with Crippen LogP contribution in [0, 0.1) is 5.92 Å². The number of Topliss-reactive ketones (excluding diaryl/α,β-unsaturated/α-hetero) is 1. The lowest BCUT2D eigenvalue weighted by Crippen LogP contribution is -2.38. The molecule has 0 unspecified atom stereocenters. The zero-order valence-electron chi connectivity index (χ0n) is 16.6. The molecule has 0 aromatic heterocycles. The van der Waals surface area contributed by atoms with Crippen LogP contribution in [0.15, 0.2) is 24.3 Å². The van der Waals surface area contributed by atoms with Crippen molar-refractivity contribution in [3.8, 4) is 5.75 Å². The van der Waals surface area contributed by atoms with Gasteiger partial charge in [-0.25, -0.2) is 0 Å². The normalized spacial score (nSPS) is 17.2. The Balaban J connectivity index is 1.33. The molecule has 2 fully saturated rings. The summed E-state index contributed by atoms with van der Waals surface area (Å²) in [4.78, 5) is 38.3. The standard InChI is InChI=1S/C22H30N2O4/c1-28-19-7-3-17(4-8-19)20(25)9-11-22(27)24-14-12-16(13-15-24)2-10-21(26)23-18-5-6-18/h3-4,7-8,16,18H,2,5-6,9-15H2,1H3,(H,23,26). The quantitative estimate of drug-likeness (QED) is 0.662. The number of carbonyl (C=O) groups is 3. The Hall–Kier alpha value is -2.37. The Bertz CT molecular complexity index is 689. The highest BCUT2D eigenvalue weighted by Crippen LogP contribution is 2.24. The van der Waals surface area contributed by atoms with Gasteiger partial charge in [0.2, 0.25) is 11.8 Å². The van der Waals surface area contributed by atoms with E-state index in [0.717, 1.165) is 45.2 Å². The summed E-state index contributed by atoms with van der Waals surface area (Å²) in [5.74, 6) is 1.41. The Morgan fingerprint density at radius 2 is 1.68 bits per heavy atom. The van der Waals surface area contributed by atoms with Gasteiger partial charge in [-0.3, -0.25) is 14.4 Å². The van der Waals surface area contributed by atoms with Crippen molar-refractivity contribution in [2.75, 3.05) is 20.2 Å². The van der Waals surface area contributed by atoms with Gasteiger partial charge in [-0.05, 0) is 62.3 Å². The molecule has 152 valence electrons. The fourth-order valence-electron chi connectivity index (χ4n) is 3.63. The van der Waals surface area contributed by atoms with E-state index in [1.54, 1.807) is 31.4 Å². The smallest absolute Gasteiger partial charge is 0.223 e. The molecule has 6 nitrogen and oxygen atoms in total. The molecule has 3 rings (SSSR count). The number of hydrogen-bond donors (Lipinski definition) is 1. The molecule has 1 aliphatic carbocycles. The minimum Gasteiger partial charge on any atom is -0.497 e. The summed E-state index contributed by atoms with van der Waals surface area (Å²) in [5.41, 5.74) is 0.608. The minimum atomic E-state index is -0.0208. The molecule has 0 bridgehead atoms. The molecule has 6 heteroatoms. The number of methoxy groups -OCH3 is 1. The van der Waals surface area contributed by atoms with Crippen LogP contribution in [0.3, 0.4) is 0 Å². The van der Waals surface area contributed by atoms with Gasteiger partial charge in [-0.2, -0.15) is 0 Å². The first-order chi connectivity index (χ1) is 13.5. The average Bonchev–Trinajstić information content (AvgIpc) is 3.54. The first-order valence-corrected chi connectivity index (χ1v) is 10.3. The van der Waals surface area contributed by atoms with Gasteiger partial charge in [0.25, 0.3) is 0 Å². The van der Waals surface area contributed by atoms with Crippen LogP contribution in [0.4, 0.5) is 0 Å².